The minimum Gasteiger partial charge on any atom is -0.349 e. The van der Waals surface area contributed by atoms with E-state index in [2.05, 4.69) is 39.9 Å². The molecule has 0 radical (unpaired) electrons. The van der Waals surface area contributed by atoms with Crippen LogP contribution in [0.5, 0.6) is 0 Å². The zero-order valence-electron chi connectivity index (χ0n) is 12.9. The maximum absolute atomic E-state index is 12.2. The molecule has 0 fully saturated rings. The average Bonchev–Trinajstić information content (AvgIpc) is 3.14. The molecule has 6 heteroatoms. The smallest absolute Gasteiger partial charge is 0.261 e. The lowest BCUT2D eigenvalue weighted by Crippen LogP contribution is -2.34. The first kappa shape index (κ1) is 16.5. The summed E-state index contributed by atoms with van der Waals surface area (Å²) in [7, 11) is 4.07. The fourth-order valence-electron chi connectivity index (χ4n) is 2.54. The molecule has 2 aromatic heterocycles. The number of thiophene rings is 2. The van der Waals surface area contributed by atoms with Crippen LogP contribution in [0.25, 0.3) is 10.1 Å². The minimum atomic E-state index is -0.0757. The molecule has 0 spiro atoms. The molecule has 0 saturated heterocycles. The van der Waals surface area contributed by atoms with Crippen LogP contribution in [0.3, 0.4) is 0 Å². The molecule has 1 amide bonds. The summed E-state index contributed by atoms with van der Waals surface area (Å²) < 4.78 is 1.90. The Balaban J connectivity index is 1.78. The lowest BCUT2D eigenvalue weighted by molar-refractivity contribution is 0.0946. The van der Waals surface area contributed by atoms with Gasteiger partial charge in [0, 0.05) is 11.2 Å². The van der Waals surface area contributed by atoms with Crippen molar-refractivity contribution < 1.29 is 4.79 Å². The third-order valence-corrected chi connectivity index (χ3v) is 5.96. The van der Waals surface area contributed by atoms with Crippen molar-refractivity contribution in [2.24, 2.45) is 0 Å². The highest BCUT2D eigenvalue weighted by atomic mass is 35.5. The molecule has 23 heavy (non-hydrogen) atoms. The normalized spacial score (nSPS) is 12.7. The molecule has 0 saturated carbocycles. The van der Waals surface area contributed by atoms with Crippen molar-refractivity contribution in [2.75, 3.05) is 20.6 Å². The average molecular weight is 365 g/mol. The maximum atomic E-state index is 12.2. The van der Waals surface area contributed by atoms with Gasteiger partial charge in [-0.3, -0.25) is 4.79 Å². The van der Waals surface area contributed by atoms with Crippen LogP contribution in [0.4, 0.5) is 0 Å². The summed E-state index contributed by atoms with van der Waals surface area (Å²) in [4.78, 5) is 15.0. The number of rotatable bonds is 5. The van der Waals surface area contributed by atoms with Crippen molar-refractivity contribution in [3.8, 4) is 0 Å². The molecule has 0 unspecified atom stereocenters. The fourth-order valence-corrected chi connectivity index (χ4v) is 4.51. The molecule has 1 aromatic carbocycles. The maximum Gasteiger partial charge on any atom is 0.261 e. The van der Waals surface area contributed by atoms with E-state index in [0.717, 1.165) is 0 Å². The quantitative estimate of drug-likeness (QED) is 0.714. The van der Waals surface area contributed by atoms with Gasteiger partial charge in [0.05, 0.1) is 15.3 Å². The van der Waals surface area contributed by atoms with Gasteiger partial charge in [-0.05, 0) is 48.6 Å². The van der Waals surface area contributed by atoms with E-state index in [1.807, 2.05) is 14.1 Å². The molecule has 1 atom stereocenters. The molecule has 3 nitrogen and oxygen atoms in total. The van der Waals surface area contributed by atoms with E-state index in [1.165, 1.54) is 27.0 Å². The summed E-state index contributed by atoms with van der Waals surface area (Å²) in [5.74, 6) is -0.0757. The van der Waals surface area contributed by atoms with Gasteiger partial charge in [-0.1, -0.05) is 29.8 Å². The Morgan fingerprint density at radius 2 is 2.04 bits per heavy atom. The van der Waals surface area contributed by atoms with Crippen molar-refractivity contribution in [2.45, 2.75) is 6.04 Å². The second-order valence-electron chi connectivity index (χ2n) is 5.48. The monoisotopic (exact) mass is 364 g/mol. The van der Waals surface area contributed by atoms with E-state index >= 15 is 0 Å². The first-order chi connectivity index (χ1) is 11.1. The van der Waals surface area contributed by atoms with Gasteiger partial charge in [0.25, 0.3) is 5.91 Å². The van der Waals surface area contributed by atoms with E-state index in [4.69, 9.17) is 11.6 Å². The molecule has 0 aliphatic rings. The van der Waals surface area contributed by atoms with E-state index < -0.39 is 0 Å². The van der Waals surface area contributed by atoms with E-state index in [9.17, 15) is 4.79 Å². The summed E-state index contributed by atoms with van der Waals surface area (Å²) in [6, 6.07) is 12.0. The van der Waals surface area contributed by atoms with Crippen molar-refractivity contribution in [1.29, 1.82) is 0 Å². The van der Waals surface area contributed by atoms with Gasteiger partial charge < -0.3 is 10.2 Å². The highest BCUT2D eigenvalue weighted by molar-refractivity contribution is 7.18. The molecule has 0 aliphatic heterocycles. The topological polar surface area (TPSA) is 32.3 Å². The highest BCUT2D eigenvalue weighted by Gasteiger charge is 2.19. The van der Waals surface area contributed by atoms with Gasteiger partial charge >= 0.3 is 0 Å². The van der Waals surface area contributed by atoms with Gasteiger partial charge in [0.15, 0.2) is 0 Å². The number of carbonyl (C=O) groups is 1. The third kappa shape index (κ3) is 3.58. The van der Waals surface area contributed by atoms with Gasteiger partial charge in [0.2, 0.25) is 0 Å². The second-order valence-corrected chi connectivity index (χ2v) is 8.11. The van der Waals surface area contributed by atoms with E-state index in [-0.39, 0.29) is 11.9 Å². The predicted molar refractivity (Wildman–Crippen MR) is 99.9 cm³/mol. The van der Waals surface area contributed by atoms with Gasteiger partial charge in [-0.15, -0.1) is 22.7 Å². The molecule has 0 bridgehead atoms. The van der Waals surface area contributed by atoms with Crippen molar-refractivity contribution >= 4 is 50.3 Å². The zero-order chi connectivity index (χ0) is 16.4. The minimum absolute atomic E-state index is 0.0757. The molecule has 2 heterocycles. The van der Waals surface area contributed by atoms with Crippen molar-refractivity contribution in [3.05, 3.63) is 56.6 Å². The van der Waals surface area contributed by atoms with Crippen LogP contribution < -0.4 is 5.32 Å². The number of halogens is 1. The first-order valence-corrected chi connectivity index (χ1v) is 9.30. The van der Waals surface area contributed by atoms with Crippen LogP contribution in [0, 0.1) is 0 Å². The van der Waals surface area contributed by atoms with Crippen LogP contribution in [-0.4, -0.2) is 31.4 Å². The Bertz CT molecular complexity index is 825. The van der Waals surface area contributed by atoms with Crippen molar-refractivity contribution in [1.82, 2.24) is 10.2 Å². The molecule has 3 aromatic rings. The number of hydrogen-bond acceptors (Lipinski definition) is 4. The number of hydrogen-bond donors (Lipinski definition) is 1. The van der Waals surface area contributed by atoms with Crippen molar-refractivity contribution in [3.63, 3.8) is 0 Å². The Labute approximate surface area is 148 Å². The van der Waals surface area contributed by atoms with Gasteiger partial charge in [-0.2, -0.15) is 0 Å². The zero-order valence-corrected chi connectivity index (χ0v) is 15.3. The van der Waals surface area contributed by atoms with Crippen LogP contribution >= 0.6 is 34.3 Å². The summed E-state index contributed by atoms with van der Waals surface area (Å²) >= 11 is 8.93. The Kier molecular flexibility index (Phi) is 5.02. The number of nitrogens with one attached hydrogen (secondary N) is 1. The third-order valence-electron chi connectivity index (χ3n) is 3.75. The molecule has 3 rings (SSSR count). The SMILES string of the molecule is CN(C)[C@@H](CNC(=O)c1ccc(Cl)s1)c1csc2ccccc12. The second kappa shape index (κ2) is 7.01. The first-order valence-electron chi connectivity index (χ1n) is 7.22. The number of nitrogens with zero attached hydrogens (tertiary/aromatic N) is 1. The largest absolute Gasteiger partial charge is 0.349 e. The lowest BCUT2D eigenvalue weighted by atomic mass is 10.0. The number of benzene rings is 1. The Morgan fingerprint density at radius 3 is 2.74 bits per heavy atom. The van der Waals surface area contributed by atoms with Gasteiger partial charge in [0.1, 0.15) is 0 Å². The Morgan fingerprint density at radius 1 is 1.26 bits per heavy atom. The van der Waals surface area contributed by atoms with Crippen LogP contribution in [-0.2, 0) is 0 Å². The fraction of sp³-hybridized carbons (Fsp3) is 0.235. The predicted octanol–water partition coefficient (Wildman–Crippen LogP) is 4.65. The molecule has 1 N–H and O–H groups in total. The lowest BCUT2D eigenvalue weighted by Gasteiger charge is -2.24. The van der Waals surface area contributed by atoms with Crippen LogP contribution in [0.2, 0.25) is 4.34 Å². The molecular formula is C17H17ClN2OS2. The van der Waals surface area contributed by atoms with E-state index in [0.29, 0.717) is 15.8 Å². The van der Waals surface area contributed by atoms with Crippen LogP contribution in [0.15, 0.2) is 41.8 Å². The summed E-state index contributed by atoms with van der Waals surface area (Å²) in [5.41, 5.74) is 1.25. The van der Waals surface area contributed by atoms with Crippen LogP contribution in [0.1, 0.15) is 21.3 Å². The number of likely N-dealkylation sites (N-methyl/N-ethyl adjacent to an activating group) is 1. The van der Waals surface area contributed by atoms with E-state index in [1.54, 1.807) is 23.5 Å². The summed E-state index contributed by atoms with van der Waals surface area (Å²) in [5, 5.41) is 6.46. The summed E-state index contributed by atoms with van der Waals surface area (Å²) in [6.45, 7) is 0.558. The highest BCUT2D eigenvalue weighted by Crippen LogP contribution is 2.32. The Hall–Kier alpha value is -1.40. The van der Waals surface area contributed by atoms with Gasteiger partial charge in [-0.25, -0.2) is 0 Å². The summed E-state index contributed by atoms with van der Waals surface area (Å²) in [6.07, 6.45) is 0. The molecule has 0 aliphatic carbocycles. The number of carbonyl (C=O) groups excluding carboxylic acids is 1. The number of amides is 1. The molecule has 120 valence electrons. The standard InChI is InChI=1S/C17H17ClN2OS2/c1-20(2)13(9-19-17(21)15-7-8-16(18)23-15)12-10-22-14-6-4-3-5-11(12)14/h3-8,10,13H,9H2,1-2H3,(H,19,21)/t13-/m0/s1. The number of fused-ring (bicyclic) bond motifs is 1. The molecular weight excluding hydrogens is 348 g/mol.